The Kier molecular flexibility index (Phi) is 5.76. The van der Waals surface area contributed by atoms with Crippen LogP contribution >= 0.6 is 0 Å². The van der Waals surface area contributed by atoms with Crippen LogP contribution in [-0.2, 0) is 11.3 Å². The zero-order valence-electron chi connectivity index (χ0n) is 12.3. The van der Waals surface area contributed by atoms with Crippen LogP contribution in [0.5, 0.6) is 0 Å². The lowest BCUT2D eigenvalue weighted by Crippen LogP contribution is -2.12. The third-order valence-electron chi connectivity index (χ3n) is 3.13. The molecule has 0 spiro atoms. The molecule has 4 heteroatoms. The number of hydrogen-bond acceptors (Lipinski definition) is 3. The minimum absolute atomic E-state index is 0.0225. The van der Waals surface area contributed by atoms with Crippen molar-refractivity contribution >= 4 is 17.4 Å². The number of nitrogens with one attached hydrogen (secondary N) is 2. The molecule has 2 N–H and O–H groups in total. The van der Waals surface area contributed by atoms with Gasteiger partial charge in [0.2, 0.25) is 5.91 Å². The van der Waals surface area contributed by atoms with E-state index in [4.69, 9.17) is 0 Å². The predicted molar refractivity (Wildman–Crippen MR) is 86.2 cm³/mol. The largest absolute Gasteiger partial charge is 0.380 e. The quantitative estimate of drug-likeness (QED) is 0.812. The van der Waals surface area contributed by atoms with Crippen LogP contribution in [0.4, 0.5) is 11.5 Å². The first kappa shape index (κ1) is 15.0. The molecular weight excluding hydrogens is 262 g/mol. The van der Waals surface area contributed by atoms with Gasteiger partial charge in [0, 0.05) is 13.0 Å². The molecule has 0 aliphatic rings. The normalized spacial score (nSPS) is 10.1. The summed E-state index contributed by atoms with van der Waals surface area (Å²) in [5.41, 5.74) is 2.15. The molecule has 1 aromatic carbocycles. The molecule has 1 amide bonds. The zero-order valence-corrected chi connectivity index (χ0v) is 12.3. The number of hydrogen-bond donors (Lipinski definition) is 2. The van der Waals surface area contributed by atoms with Crippen molar-refractivity contribution in [1.29, 1.82) is 0 Å². The highest BCUT2D eigenvalue weighted by Gasteiger charge is 2.02. The van der Waals surface area contributed by atoms with Crippen molar-refractivity contribution in [3.8, 4) is 0 Å². The molecule has 0 atom stereocenters. The lowest BCUT2D eigenvalue weighted by atomic mass is 10.2. The highest BCUT2D eigenvalue weighted by molar-refractivity contribution is 5.89. The van der Waals surface area contributed by atoms with Gasteiger partial charge in [-0.2, -0.15) is 0 Å². The average molecular weight is 283 g/mol. The zero-order chi connectivity index (χ0) is 14.9. The van der Waals surface area contributed by atoms with Crippen molar-refractivity contribution in [3.63, 3.8) is 0 Å². The first-order chi connectivity index (χ1) is 10.3. The number of rotatable bonds is 7. The number of nitrogens with zero attached hydrogens (tertiary/aromatic N) is 1. The lowest BCUT2D eigenvalue weighted by molar-refractivity contribution is -0.116. The van der Waals surface area contributed by atoms with E-state index in [2.05, 4.69) is 34.7 Å². The van der Waals surface area contributed by atoms with Crippen LogP contribution in [0.1, 0.15) is 31.7 Å². The van der Waals surface area contributed by atoms with Crippen molar-refractivity contribution in [2.45, 2.75) is 32.7 Å². The van der Waals surface area contributed by atoms with Crippen LogP contribution in [0.3, 0.4) is 0 Å². The monoisotopic (exact) mass is 283 g/mol. The summed E-state index contributed by atoms with van der Waals surface area (Å²) >= 11 is 0. The van der Waals surface area contributed by atoms with E-state index >= 15 is 0 Å². The molecular formula is C17H21N3O. The van der Waals surface area contributed by atoms with Gasteiger partial charge in [0.05, 0.1) is 11.9 Å². The van der Waals surface area contributed by atoms with Gasteiger partial charge in [0.25, 0.3) is 0 Å². The smallest absolute Gasteiger partial charge is 0.225 e. The topological polar surface area (TPSA) is 54.0 Å². The van der Waals surface area contributed by atoms with E-state index in [-0.39, 0.29) is 5.91 Å². The Bertz CT molecular complexity index is 552. The van der Waals surface area contributed by atoms with Crippen molar-refractivity contribution in [2.24, 2.45) is 0 Å². The first-order valence-electron chi connectivity index (χ1n) is 7.31. The maximum Gasteiger partial charge on any atom is 0.225 e. The van der Waals surface area contributed by atoms with Crippen LogP contribution in [0.2, 0.25) is 0 Å². The number of benzene rings is 1. The second-order valence-corrected chi connectivity index (χ2v) is 4.92. The van der Waals surface area contributed by atoms with Crippen molar-refractivity contribution in [2.75, 3.05) is 10.6 Å². The van der Waals surface area contributed by atoms with Gasteiger partial charge in [-0.3, -0.25) is 4.79 Å². The molecule has 0 fully saturated rings. The van der Waals surface area contributed by atoms with E-state index < -0.39 is 0 Å². The summed E-state index contributed by atoms with van der Waals surface area (Å²) in [5, 5.41) is 6.10. The maximum absolute atomic E-state index is 11.6. The third-order valence-corrected chi connectivity index (χ3v) is 3.13. The molecule has 0 bridgehead atoms. The molecule has 0 unspecified atom stereocenters. The van der Waals surface area contributed by atoms with Crippen molar-refractivity contribution in [3.05, 3.63) is 54.2 Å². The Morgan fingerprint density at radius 3 is 2.62 bits per heavy atom. The van der Waals surface area contributed by atoms with E-state index in [9.17, 15) is 4.79 Å². The molecule has 0 aliphatic heterocycles. The highest BCUT2D eigenvalue weighted by Crippen LogP contribution is 2.12. The Hall–Kier alpha value is -2.36. The number of aromatic nitrogens is 1. The summed E-state index contributed by atoms with van der Waals surface area (Å²) in [6, 6.07) is 13.9. The van der Waals surface area contributed by atoms with E-state index in [1.807, 2.05) is 30.3 Å². The van der Waals surface area contributed by atoms with E-state index in [0.29, 0.717) is 12.2 Å². The molecule has 0 saturated carbocycles. The van der Waals surface area contributed by atoms with Crippen molar-refractivity contribution in [1.82, 2.24) is 4.98 Å². The second kappa shape index (κ2) is 8.04. The fourth-order valence-corrected chi connectivity index (χ4v) is 1.92. The standard InChI is InChI=1S/C17H21N3O/c1-2-3-9-17(21)20-16-11-10-15(13-19-16)18-12-14-7-5-4-6-8-14/h4-8,10-11,13,18H,2-3,9,12H2,1H3,(H,19,20,21). The van der Waals surface area contributed by atoms with Crippen LogP contribution in [0.15, 0.2) is 48.7 Å². The molecule has 21 heavy (non-hydrogen) atoms. The number of anilines is 2. The molecule has 110 valence electrons. The summed E-state index contributed by atoms with van der Waals surface area (Å²) in [6.45, 7) is 2.82. The van der Waals surface area contributed by atoms with Gasteiger partial charge in [-0.1, -0.05) is 43.7 Å². The Morgan fingerprint density at radius 2 is 1.95 bits per heavy atom. The van der Waals surface area contributed by atoms with E-state index in [0.717, 1.165) is 25.1 Å². The van der Waals surface area contributed by atoms with Gasteiger partial charge in [0.15, 0.2) is 0 Å². The lowest BCUT2D eigenvalue weighted by Gasteiger charge is -2.08. The summed E-state index contributed by atoms with van der Waals surface area (Å²) in [4.78, 5) is 15.8. The average Bonchev–Trinajstić information content (AvgIpc) is 2.53. The second-order valence-electron chi connectivity index (χ2n) is 4.92. The van der Waals surface area contributed by atoms with Crippen LogP contribution in [0, 0.1) is 0 Å². The van der Waals surface area contributed by atoms with Gasteiger partial charge in [-0.05, 0) is 24.1 Å². The minimum Gasteiger partial charge on any atom is -0.380 e. The SMILES string of the molecule is CCCCC(=O)Nc1ccc(NCc2ccccc2)cn1. The molecule has 1 aromatic heterocycles. The van der Waals surface area contributed by atoms with Gasteiger partial charge >= 0.3 is 0 Å². The Labute approximate surface area is 125 Å². The van der Waals surface area contributed by atoms with Gasteiger partial charge in [-0.15, -0.1) is 0 Å². The molecule has 2 aromatic rings. The van der Waals surface area contributed by atoms with E-state index in [1.54, 1.807) is 6.20 Å². The van der Waals surface area contributed by atoms with Crippen molar-refractivity contribution < 1.29 is 4.79 Å². The van der Waals surface area contributed by atoms with Crippen LogP contribution < -0.4 is 10.6 Å². The fraction of sp³-hybridized carbons (Fsp3) is 0.294. The molecule has 2 rings (SSSR count). The van der Waals surface area contributed by atoms with Crippen LogP contribution in [0.25, 0.3) is 0 Å². The molecule has 0 radical (unpaired) electrons. The molecule has 0 saturated heterocycles. The molecule has 1 heterocycles. The first-order valence-corrected chi connectivity index (χ1v) is 7.31. The Balaban J connectivity index is 1.83. The molecule has 4 nitrogen and oxygen atoms in total. The summed E-state index contributed by atoms with van der Waals surface area (Å²) in [5.74, 6) is 0.621. The summed E-state index contributed by atoms with van der Waals surface area (Å²) < 4.78 is 0. The van der Waals surface area contributed by atoms with E-state index in [1.165, 1.54) is 5.56 Å². The van der Waals surface area contributed by atoms with Gasteiger partial charge < -0.3 is 10.6 Å². The minimum atomic E-state index is 0.0225. The van der Waals surface area contributed by atoms with Crippen LogP contribution in [-0.4, -0.2) is 10.9 Å². The number of pyridine rings is 1. The summed E-state index contributed by atoms with van der Waals surface area (Å²) in [7, 11) is 0. The predicted octanol–water partition coefficient (Wildman–Crippen LogP) is 3.82. The summed E-state index contributed by atoms with van der Waals surface area (Å²) in [6.07, 6.45) is 4.20. The number of carbonyl (C=O) groups is 1. The highest BCUT2D eigenvalue weighted by atomic mass is 16.1. The van der Waals surface area contributed by atoms with Gasteiger partial charge in [-0.25, -0.2) is 4.98 Å². The Morgan fingerprint density at radius 1 is 1.14 bits per heavy atom. The number of unbranched alkanes of at least 4 members (excludes halogenated alkanes) is 1. The molecule has 0 aliphatic carbocycles. The maximum atomic E-state index is 11.6. The number of carbonyl (C=O) groups excluding carboxylic acids is 1. The third kappa shape index (κ3) is 5.26. The fourth-order valence-electron chi connectivity index (χ4n) is 1.92. The number of amides is 1. The van der Waals surface area contributed by atoms with Gasteiger partial charge in [0.1, 0.15) is 5.82 Å².